The number of nitrogens with zero attached hydrogens (tertiary/aromatic N) is 4. The van der Waals surface area contributed by atoms with Gasteiger partial charge in [0.25, 0.3) is 0 Å². The lowest BCUT2D eigenvalue weighted by atomic mass is 10.1. The van der Waals surface area contributed by atoms with Crippen LogP contribution in [0.3, 0.4) is 0 Å². The molecule has 0 N–H and O–H groups in total. The molecule has 0 aliphatic heterocycles. The molecule has 4 heteroatoms. The Morgan fingerprint density at radius 3 is 2.33 bits per heavy atom. The molecule has 4 nitrogen and oxygen atoms in total. The van der Waals surface area contributed by atoms with Gasteiger partial charge in [-0.2, -0.15) is 4.79 Å². The van der Waals surface area contributed by atoms with Crippen LogP contribution in [0, 0.1) is 6.92 Å². The van der Waals surface area contributed by atoms with Crippen molar-refractivity contribution in [3.05, 3.63) is 36.0 Å². The predicted molar refractivity (Wildman–Crippen MR) is 60.3 cm³/mol. The molecule has 0 spiro atoms. The third-order valence-electron chi connectivity index (χ3n) is 2.30. The van der Waals surface area contributed by atoms with E-state index in [1.165, 1.54) is 0 Å². The standard InChI is InChI=1S/C11H14N4/c1-9-11(10-7-5-4-6-8-10)12-13-15(9)14(2)3/h4-8H,1-3H3. The van der Waals surface area contributed by atoms with Crippen molar-refractivity contribution in [2.75, 3.05) is 19.1 Å². The highest BCUT2D eigenvalue weighted by Crippen LogP contribution is 2.19. The first-order valence-electron chi connectivity index (χ1n) is 4.85. The van der Waals surface area contributed by atoms with E-state index in [-0.39, 0.29) is 0 Å². The Morgan fingerprint density at radius 2 is 1.80 bits per heavy atom. The van der Waals surface area contributed by atoms with Crippen molar-refractivity contribution in [2.24, 2.45) is 0 Å². The lowest BCUT2D eigenvalue weighted by molar-refractivity contribution is 0.595. The van der Waals surface area contributed by atoms with Crippen LogP contribution >= 0.6 is 0 Å². The minimum Gasteiger partial charge on any atom is -0.301 e. The topological polar surface area (TPSA) is 34.0 Å². The second-order valence-electron chi connectivity index (χ2n) is 3.63. The van der Waals surface area contributed by atoms with Crippen molar-refractivity contribution in [3.63, 3.8) is 0 Å². The van der Waals surface area contributed by atoms with Gasteiger partial charge in [-0.25, -0.2) is 0 Å². The summed E-state index contributed by atoms with van der Waals surface area (Å²) in [5.74, 6) is 0. The van der Waals surface area contributed by atoms with E-state index in [0.29, 0.717) is 0 Å². The molecule has 0 amide bonds. The summed E-state index contributed by atoms with van der Waals surface area (Å²) in [6.45, 7) is 2.02. The monoisotopic (exact) mass is 202 g/mol. The van der Waals surface area contributed by atoms with E-state index in [1.54, 1.807) is 4.79 Å². The van der Waals surface area contributed by atoms with Crippen molar-refractivity contribution >= 4 is 0 Å². The zero-order valence-electron chi connectivity index (χ0n) is 9.18. The van der Waals surface area contributed by atoms with Crippen molar-refractivity contribution in [3.8, 4) is 11.3 Å². The Labute approximate surface area is 89.1 Å². The van der Waals surface area contributed by atoms with Crippen LogP contribution in [0.2, 0.25) is 0 Å². The van der Waals surface area contributed by atoms with E-state index in [9.17, 15) is 0 Å². The van der Waals surface area contributed by atoms with Crippen LogP contribution in [0.4, 0.5) is 0 Å². The molecule has 0 unspecified atom stereocenters. The Kier molecular flexibility index (Phi) is 2.41. The van der Waals surface area contributed by atoms with Crippen LogP contribution < -0.4 is 5.01 Å². The van der Waals surface area contributed by atoms with Crippen molar-refractivity contribution in [1.82, 2.24) is 15.1 Å². The van der Waals surface area contributed by atoms with E-state index in [0.717, 1.165) is 17.0 Å². The van der Waals surface area contributed by atoms with Crippen LogP contribution in [0.1, 0.15) is 5.69 Å². The maximum atomic E-state index is 4.18. The number of hydrogen-bond acceptors (Lipinski definition) is 3. The molecule has 0 bridgehead atoms. The summed E-state index contributed by atoms with van der Waals surface area (Å²) in [5.41, 5.74) is 3.08. The molecule has 0 aliphatic rings. The summed E-state index contributed by atoms with van der Waals surface area (Å²) in [7, 11) is 3.88. The molecular formula is C11H14N4. The van der Waals surface area contributed by atoms with E-state index >= 15 is 0 Å². The van der Waals surface area contributed by atoms with E-state index in [1.807, 2.05) is 56.4 Å². The van der Waals surface area contributed by atoms with E-state index in [2.05, 4.69) is 10.3 Å². The molecular weight excluding hydrogens is 188 g/mol. The van der Waals surface area contributed by atoms with Gasteiger partial charge in [-0.3, -0.25) is 0 Å². The lowest BCUT2D eigenvalue weighted by Crippen LogP contribution is -2.27. The van der Waals surface area contributed by atoms with Gasteiger partial charge in [-0.15, -0.1) is 5.10 Å². The lowest BCUT2D eigenvalue weighted by Gasteiger charge is -2.12. The summed E-state index contributed by atoms with van der Waals surface area (Å²) in [4.78, 5) is 1.78. The molecule has 1 heterocycles. The van der Waals surface area contributed by atoms with Crippen LogP contribution in [0.5, 0.6) is 0 Å². The maximum Gasteiger partial charge on any atom is 0.118 e. The van der Waals surface area contributed by atoms with Gasteiger partial charge >= 0.3 is 0 Å². The minimum atomic E-state index is 0.935. The molecule has 0 saturated heterocycles. The molecule has 0 saturated carbocycles. The highest BCUT2D eigenvalue weighted by Gasteiger charge is 2.10. The summed E-state index contributed by atoms with van der Waals surface area (Å²) in [5, 5.41) is 10.2. The highest BCUT2D eigenvalue weighted by molar-refractivity contribution is 5.60. The van der Waals surface area contributed by atoms with Gasteiger partial charge in [0.1, 0.15) is 5.69 Å². The number of rotatable bonds is 2. The summed E-state index contributed by atoms with van der Waals surface area (Å²) >= 11 is 0. The highest BCUT2D eigenvalue weighted by atomic mass is 15.7. The molecule has 2 aromatic rings. The third kappa shape index (κ3) is 1.70. The van der Waals surface area contributed by atoms with Crippen molar-refractivity contribution < 1.29 is 0 Å². The van der Waals surface area contributed by atoms with Gasteiger partial charge in [0, 0.05) is 19.7 Å². The summed E-state index contributed by atoms with van der Waals surface area (Å²) in [6, 6.07) is 10.1. The molecule has 0 atom stereocenters. The first-order chi connectivity index (χ1) is 7.20. The van der Waals surface area contributed by atoms with Crippen LogP contribution in [0.25, 0.3) is 11.3 Å². The molecule has 78 valence electrons. The number of hydrogen-bond donors (Lipinski definition) is 0. The Balaban J connectivity index is 2.47. The van der Waals surface area contributed by atoms with Gasteiger partial charge in [0.05, 0.1) is 5.69 Å². The molecule has 1 aromatic heterocycles. The minimum absolute atomic E-state index is 0.935. The maximum absolute atomic E-state index is 4.18. The van der Waals surface area contributed by atoms with Crippen molar-refractivity contribution in [2.45, 2.75) is 6.92 Å². The largest absolute Gasteiger partial charge is 0.301 e. The fourth-order valence-electron chi connectivity index (χ4n) is 1.56. The molecule has 15 heavy (non-hydrogen) atoms. The quantitative estimate of drug-likeness (QED) is 0.739. The molecule has 2 rings (SSSR count). The van der Waals surface area contributed by atoms with E-state index < -0.39 is 0 Å². The Bertz CT molecular complexity index is 445. The smallest absolute Gasteiger partial charge is 0.118 e. The van der Waals surface area contributed by atoms with Gasteiger partial charge < -0.3 is 5.01 Å². The summed E-state index contributed by atoms with van der Waals surface area (Å²) < 4.78 is 0. The Hall–Kier alpha value is -1.84. The van der Waals surface area contributed by atoms with Gasteiger partial charge in [-0.05, 0) is 12.1 Å². The second-order valence-corrected chi connectivity index (χ2v) is 3.63. The van der Waals surface area contributed by atoms with Gasteiger partial charge in [-0.1, -0.05) is 30.3 Å². The normalized spacial score (nSPS) is 10.3. The first kappa shape index (κ1) is 9.71. The average molecular weight is 202 g/mol. The first-order valence-corrected chi connectivity index (χ1v) is 4.85. The fraction of sp³-hybridized carbons (Fsp3) is 0.273. The van der Waals surface area contributed by atoms with Crippen LogP contribution in [0.15, 0.2) is 30.3 Å². The average Bonchev–Trinajstić information content (AvgIpc) is 2.61. The molecule has 0 aliphatic carbocycles. The van der Waals surface area contributed by atoms with Gasteiger partial charge in [0.2, 0.25) is 0 Å². The number of benzene rings is 1. The van der Waals surface area contributed by atoms with Crippen LogP contribution in [-0.2, 0) is 0 Å². The third-order valence-corrected chi connectivity index (χ3v) is 2.30. The second kappa shape index (κ2) is 3.73. The van der Waals surface area contributed by atoms with Crippen LogP contribution in [-0.4, -0.2) is 29.2 Å². The fourth-order valence-corrected chi connectivity index (χ4v) is 1.56. The Morgan fingerprint density at radius 1 is 1.13 bits per heavy atom. The predicted octanol–water partition coefficient (Wildman–Crippen LogP) is 1.45. The van der Waals surface area contributed by atoms with E-state index in [4.69, 9.17) is 0 Å². The molecule has 1 aromatic carbocycles. The molecule has 0 fully saturated rings. The summed E-state index contributed by atoms with van der Waals surface area (Å²) in [6.07, 6.45) is 0. The SMILES string of the molecule is Cc1c(-c2ccccc2)nnn1N(C)C. The molecule has 0 radical (unpaired) electrons. The zero-order chi connectivity index (χ0) is 10.8. The zero-order valence-corrected chi connectivity index (χ0v) is 9.18. The van der Waals surface area contributed by atoms with Crippen molar-refractivity contribution in [1.29, 1.82) is 0 Å². The van der Waals surface area contributed by atoms with Gasteiger partial charge in [0.15, 0.2) is 0 Å². The number of aromatic nitrogens is 3.